The Morgan fingerprint density at radius 1 is 0.793 bits per heavy atom. The third-order valence-electron chi connectivity index (χ3n) is 8.40. The van der Waals surface area contributed by atoms with Crippen LogP contribution < -0.4 is 0 Å². The molecule has 3 unspecified atom stereocenters. The molecule has 0 radical (unpaired) electrons. The van der Waals surface area contributed by atoms with Gasteiger partial charge in [-0.1, -0.05) is 83.1 Å². The maximum Gasteiger partial charge on any atom is 0.311 e. The number of hydrogen-bond donors (Lipinski definition) is 0. The van der Waals surface area contributed by atoms with Gasteiger partial charge < -0.3 is 4.74 Å². The standard InChI is InChI=1S/C27H54O2/c1-19(21(3)24(7,8)17-23(4,5)6)16-20(2)27(13,14)26(11,12)18-25(9,10)22(28)29-15/h19-21H,16-18H2,1-15H3. The van der Waals surface area contributed by atoms with Crippen molar-refractivity contribution >= 4 is 5.97 Å². The first-order valence-corrected chi connectivity index (χ1v) is 11.7. The topological polar surface area (TPSA) is 26.3 Å². The zero-order chi connectivity index (χ0) is 23.6. The van der Waals surface area contributed by atoms with Crippen molar-refractivity contribution in [2.75, 3.05) is 7.11 Å². The number of ether oxygens (including phenoxy) is 1. The molecule has 0 aromatic carbocycles. The Morgan fingerprint density at radius 2 is 1.24 bits per heavy atom. The molecular formula is C27H54O2. The Labute approximate surface area is 184 Å². The average Bonchev–Trinajstić information content (AvgIpc) is 2.49. The molecule has 0 aromatic heterocycles. The van der Waals surface area contributed by atoms with Gasteiger partial charge in [-0.25, -0.2) is 0 Å². The van der Waals surface area contributed by atoms with Crippen molar-refractivity contribution in [3.05, 3.63) is 0 Å². The fraction of sp³-hybridized carbons (Fsp3) is 0.963. The molecule has 0 amide bonds. The van der Waals surface area contributed by atoms with Crippen LogP contribution in [0.2, 0.25) is 0 Å². The van der Waals surface area contributed by atoms with Crippen LogP contribution >= 0.6 is 0 Å². The highest BCUT2D eigenvalue weighted by atomic mass is 16.5. The smallest absolute Gasteiger partial charge is 0.311 e. The Morgan fingerprint density at radius 3 is 1.62 bits per heavy atom. The number of methoxy groups -OCH3 is 1. The molecule has 0 saturated heterocycles. The van der Waals surface area contributed by atoms with E-state index >= 15 is 0 Å². The highest BCUT2D eigenvalue weighted by molar-refractivity contribution is 5.75. The number of rotatable bonds is 10. The molecular weight excluding hydrogens is 356 g/mol. The van der Waals surface area contributed by atoms with Crippen LogP contribution in [0.4, 0.5) is 0 Å². The van der Waals surface area contributed by atoms with E-state index in [1.54, 1.807) is 0 Å². The number of carbonyl (C=O) groups excluding carboxylic acids is 1. The van der Waals surface area contributed by atoms with E-state index in [1.165, 1.54) is 20.0 Å². The molecule has 2 heteroatoms. The van der Waals surface area contributed by atoms with Gasteiger partial charge in [0.15, 0.2) is 0 Å². The van der Waals surface area contributed by atoms with Gasteiger partial charge in [-0.05, 0) is 72.5 Å². The van der Waals surface area contributed by atoms with E-state index < -0.39 is 5.41 Å². The Balaban J connectivity index is 5.38. The fourth-order valence-corrected chi connectivity index (χ4v) is 5.70. The first kappa shape index (κ1) is 28.5. The highest BCUT2D eigenvalue weighted by Gasteiger charge is 2.47. The molecule has 0 fully saturated rings. The maximum absolute atomic E-state index is 12.3. The third-order valence-corrected chi connectivity index (χ3v) is 8.40. The summed E-state index contributed by atoms with van der Waals surface area (Å²) < 4.78 is 5.07. The zero-order valence-corrected chi connectivity index (χ0v) is 22.7. The average molecular weight is 411 g/mol. The summed E-state index contributed by atoms with van der Waals surface area (Å²) in [5.74, 6) is 1.77. The minimum Gasteiger partial charge on any atom is -0.469 e. The van der Waals surface area contributed by atoms with Gasteiger partial charge in [0.05, 0.1) is 12.5 Å². The molecule has 0 rings (SSSR count). The summed E-state index contributed by atoms with van der Waals surface area (Å²) in [6, 6.07) is 0. The van der Waals surface area contributed by atoms with Gasteiger partial charge in [0, 0.05) is 0 Å². The first-order valence-electron chi connectivity index (χ1n) is 11.7. The summed E-state index contributed by atoms with van der Waals surface area (Å²) in [4.78, 5) is 12.3. The van der Waals surface area contributed by atoms with Crippen molar-refractivity contribution in [1.82, 2.24) is 0 Å². The van der Waals surface area contributed by atoms with Gasteiger partial charge in [-0.15, -0.1) is 0 Å². The Hall–Kier alpha value is -0.530. The van der Waals surface area contributed by atoms with Gasteiger partial charge in [-0.3, -0.25) is 4.79 Å². The van der Waals surface area contributed by atoms with Crippen LogP contribution in [-0.2, 0) is 9.53 Å². The van der Waals surface area contributed by atoms with Crippen LogP contribution in [0, 0.1) is 44.8 Å². The summed E-state index contributed by atoms with van der Waals surface area (Å²) in [5.41, 5.74) is 0.338. The summed E-state index contributed by atoms with van der Waals surface area (Å²) in [7, 11) is 1.49. The molecule has 0 N–H and O–H groups in total. The Bertz CT molecular complexity index is 531. The van der Waals surface area contributed by atoms with Crippen molar-refractivity contribution in [1.29, 1.82) is 0 Å². The quantitative estimate of drug-likeness (QED) is 0.338. The van der Waals surface area contributed by atoms with Crippen LogP contribution in [-0.4, -0.2) is 13.1 Å². The predicted octanol–water partition coefficient (Wildman–Crippen LogP) is 8.39. The van der Waals surface area contributed by atoms with Gasteiger partial charge in [0.25, 0.3) is 0 Å². The van der Waals surface area contributed by atoms with Crippen LogP contribution in [0.25, 0.3) is 0 Å². The largest absolute Gasteiger partial charge is 0.469 e. The molecule has 29 heavy (non-hydrogen) atoms. The fourth-order valence-electron chi connectivity index (χ4n) is 5.70. The van der Waals surface area contributed by atoms with Crippen LogP contribution in [0.1, 0.15) is 116 Å². The number of carbonyl (C=O) groups is 1. The normalized spacial score (nSPS) is 17.6. The molecule has 0 spiro atoms. The van der Waals surface area contributed by atoms with Gasteiger partial charge in [0.2, 0.25) is 0 Å². The lowest BCUT2D eigenvalue weighted by molar-refractivity contribution is -0.154. The molecule has 0 saturated carbocycles. The summed E-state index contributed by atoms with van der Waals surface area (Å²) in [6.07, 6.45) is 3.27. The van der Waals surface area contributed by atoms with E-state index in [4.69, 9.17) is 4.74 Å². The van der Waals surface area contributed by atoms with Gasteiger partial charge >= 0.3 is 5.97 Å². The SMILES string of the molecule is COC(=O)C(C)(C)CC(C)(C)C(C)(C)C(C)CC(C)C(C)C(C)(C)CC(C)(C)C. The monoisotopic (exact) mass is 410 g/mol. The summed E-state index contributed by atoms with van der Waals surface area (Å²) >= 11 is 0. The molecule has 3 atom stereocenters. The second kappa shape index (κ2) is 9.31. The predicted molar refractivity (Wildman–Crippen MR) is 128 cm³/mol. The molecule has 0 aliphatic carbocycles. The van der Waals surface area contributed by atoms with Crippen LogP contribution in [0.5, 0.6) is 0 Å². The summed E-state index contributed by atoms with van der Waals surface area (Å²) in [6.45, 7) is 32.7. The Kier molecular flexibility index (Phi) is 9.14. The van der Waals surface area contributed by atoms with Crippen LogP contribution in [0.3, 0.4) is 0 Å². The van der Waals surface area contributed by atoms with E-state index in [0.717, 1.165) is 6.42 Å². The second-order valence-corrected chi connectivity index (χ2v) is 13.8. The third kappa shape index (κ3) is 7.59. The van der Waals surface area contributed by atoms with Crippen molar-refractivity contribution in [2.24, 2.45) is 44.8 Å². The summed E-state index contributed by atoms with van der Waals surface area (Å²) in [5, 5.41) is 0. The van der Waals surface area contributed by atoms with Gasteiger partial charge in [-0.2, -0.15) is 0 Å². The molecule has 0 heterocycles. The lowest BCUT2D eigenvalue weighted by Crippen LogP contribution is -2.44. The second-order valence-electron chi connectivity index (χ2n) is 13.8. The van der Waals surface area contributed by atoms with E-state index in [2.05, 4.69) is 83.1 Å². The number of hydrogen-bond acceptors (Lipinski definition) is 2. The van der Waals surface area contributed by atoms with E-state index in [-0.39, 0.29) is 16.8 Å². The minimum atomic E-state index is -0.469. The zero-order valence-electron chi connectivity index (χ0n) is 22.7. The van der Waals surface area contributed by atoms with E-state index in [0.29, 0.717) is 28.6 Å². The molecule has 0 aliphatic heterocycles. The first-order chi connectivity index (χ1) is 12.6. The van der Waals surface area contributed by atoms with E-state index in [1.807, 2.05) is 13.8 Å². The van der Waals surface area contributed by atoms with Crippen molar-refractivity contribution < 1.29 is 9.53 Å². The lowest BCUT2D eigenvalue weighted by Gasteiger charge is -2.50. The highest BCUT2D eigenvalue weighted by Crippen LogP contribution is 2.53. The molecule has 2 nitrogen and oxygen atoms in total. The maximum atomic E-state index is 12.3. The number of esters is 1. The van der Waals surface area contributed by atoms with Crippen LogP contribution in [0.15, 0.2) is 0 Å². The van der Waals surface area contributed by atoms with E-state index in [9.17, 15) is 4.79 Å². The van der Waals surface area contributed by atoms with Crippen molar-refractivity contribution in [2.45, 2.75) is 116 Å². The lowest BCUT2D eigenvalue weighted by atomic mass is 9.55. The molecule has 0 aromatic rings. The van der Waals surface area contributed by atoms with Crippen molar-refractivity contribution in [3.63, 3.8) is 0 Å². The molecule has 174 valence electrons. The minimum absolute atomic E-state index is 0.0218. The molecule has 0 bridgehead atoms. The molecule has 0 aliphatic rings. The van der Waals surface area contributed by atoms with Crippen molar-refractivity contribution in [3.8, 4) is 0 Å². The van der Waals surface area contributed by atoms with Gasteiger partial charge in [0.1, 0.15) is 0 Å².